The normalized spacial score (nSPS) is 29.4. The summed E-state index contributed by atoms with van der Waals surface area (Å²) in [6, 6.07) is 5.90. The molecule has 6 nitrogen and oxygen atoms in total. The van der Waals surface area contributed by atoms with E-state index in [2.05, 4.69) is 26.6 Å². The van der Waals surface area contributed by atoms with Gasteiger partial charge in [-0.3, -0.25) is 4.79 Å². The van der Waals surface area contributed by atoms with E-state index in [9.17, 15) is 15.0 Å². The highest BCUT2D eigenvalue weighted by Gasteiger charge is 2.40. The number of aliphatic hydroxyl groups is 3. The Bertz CT molecular complexity index is 485. The van der Waals surface area contributed by atoms with Crippen LogP contribution < -0.4 is 10.6 Å². The van der Waals surface area contributed by atoms with E-state index in [4.69, 9.17) is 5.11 Å². The lowest BCUT2D eigenvalue weighted by molar-refractivity contribution is 0.0197. The first-order chi connectivity index (χ1) is 9.52. The van der Waals surface area contributed by atoms with E-state index in [0.717, 1.165) is 4.47 Å². The third kappa shape index (κ3) is 3.36. The highest BCUT2D eigenvalue weighted by molar-refractivity contribution is 9.10. The molecule has 1 fully saturated rings. The molecule has 1 saturated heterocycles. The molecule has 110 valence electrons. The first-order valence-electron chi connectivity index (χ1n) is 6.29. The van der Waals surface area contributed by atoms with E-state index in [1.807, 2.05) is 6.07 Å². The molecule has 0 saturated carbocycles. The van der Waals surface area contributed by atoms with Gasteiger partial charge in [0.15, 0.2) is 0 Å². The van der Waals surface area contributed by atoms with E-state index in [1.165, 1.54) is 0 Å². The van der Waals surface area contributed by atoms with Crippen molar-refractivity contribution in [2.45, 2.75) is 24.3 Å². The lowest BCUT2D eigenvalue weighted by atomic mass is 10.1. The Morgan fingerprint density at radius 3 is 2.60 bits per heavy atom. The van der Waals surface area contributed by atoms with Crippen molar-refractivity contribution in [3.8, 4) is 0 Å². The van der Waals surface area contributed by atoms with Crippen molar-refractivity contribution < 1.29 is 20.1 Å². The van der Waals surface area contributed by atoms with Gasteiger partial charge in [0.2, 0.25) is 0 Å². The molecule has 1 aromatic rings. The van der Waals surface area contributed by atoms with Crippen molar-refractivity contribution in [1.29, 1.82) is 0 Å². The van der Waals surface area contributed by atoms with E-state index < -0.39 is 24.3 Å². The fourth-order valence-corrected chi connectivity index (χ4v) is 2.62. The number of halogens is 1. The molecule has 4 atom stereocenters. The van der Waals surface area contributed by atoms with Crippen LogP contribution >= 0.6 is 15.9 Å². The molecule has 1 aliphatic heterocycles. The summed E-state index contributed by atoms with van der Waals surface area (Å²) in [5.41, 5.74) is 0.506. The number of hydrogen-bond acceptors (Lipinski definition) is 5. The molecule has 1 aliphatic rings. The summed E-state index contributed by atoms with van der Waals surface area (Å²) in [5, 5.41) is 34.1. The van der Waals surface area contributed by atoms with Crippen molar-refractivity contribution in [2.75, 3.05) is 13.2 Å². The lowest BCUT2D eigenvalue weighted by Crippen LogP contribution is -2.44. The van der Waals surface area contributed by atoms with Crippen LogP contribution in [0.25, 0.3) is 0 Å². The van der Waals surface area contributed by atoms with E-state index in [0.29, 0.717) is 5.56 Å². The molecule has 20 heavy (non-hydrogen) atoms. The minimum atomic E-state index is -1.03. The topological polar surface area (TPSA) is 102 Å². The van der Waals surface area contributed by atoms with Crippen molar-refractivity contribution in [3.05, 3.63) is 34.3 Å². The first-order valence-corrected chi connectivity index (χ1v) is 7.09. The Morgan fingerprint density at radius 2 is 2.00 bits per heavy atom. The number of aliphatic hydroxyl groups excluding tert-OH is 3. The Morgan fingerprint density at radius 1 is 1.30 bits per heavy atom. The number of carbonyl (C=O) groups excluding carboxylic acids is 1. The van der Waals surface area contributed by atoms with Gasteiger partial charge in [0.1, 0.15) is 0 Å². The van der Waals surface area contributed by atoms with Crippen LogP contribution in [0.1, 0.15) is 10.4 Å². The second kappa shape index (κ2) is 6.64. The number of benzene rings is 1. The Labute approximate surface area is 124 Å². The SMILES string of the molecule is O=C(NC[C@H]1N[C@H](CO)[C@H](O)[C@@H]1O)c1cccc(Br)c1. The number of hydrogen-bond donors (Lipinski definition) is 5. The van der Waals surface area contributed by atoms with Crippen LogP contribution in [0.2, 0.25) is 0 Å². The number of amides is 1. The van der Waals surface area contributed by atoms with Crippen LogP contribution in [0.3, 0.4) is 0 Å². The maximum absolute atomic E-state index is 11.9. The van der Waals surface area contributed by atoms with E-state index in [-0.39, 0.29) is 19.1 Å². The minimum Gasteiger partial charge on any atom is -0.395 e. The van der Waals surface area contributed by atoms with E-state index >= 15 is 0 Å². The number of nitrogens with one attached hydrogen (secondary N) is 2. The van der Waals surface area contributed by atoms with Gasteiger partial charge in [-0.1, -0.05) is 22.0 Å². The average Bonchev–Trinajstić information content (AvgIpc) is 2.72. The fourth-order valence-electron chi connectivity index (χ4n) is 2.22. The molecule has 7 heteroatoms. The molecular formula is C13H17BrN2O4. The lowest BCUT2D eigenvalue weighted by Gasteiger charge is -2.16. The molecule has 0 unspecified atom stereocenters. The summed E-state index contributed by atoms with van der Waals surface area (Å²) in [7, 11) is 0. The highest BCUT2D eigenvalue weighted by atomic mass is 79.9. The van der Waals surface area contributed by atoms with Gasteiger partial charge >= 0.3 is 0 Å². The molecule has 0 bridgehead atoms. The zero-order chi connectivity index (χ0) is 14.7. The molecule has 0 aliphatic carbocycles. The van der Waals surface area contributed by atoms with Gasteiger partial charge in [-0.15, -0.1) is 0 Å². The summed E-state index contributed by atoms with van der Waals surface area (Å²) in [5.74, 6) is -0.262. The van der Waals surface area contributed by atoms with Crippen LogP contribution in [-0.2, 0) is 0 Å². The van der Waals surface area contributed by atoms with Gasteiger partial charge in [0.05, 0.1) is 30.9 Å². The average molecular weight is 345 g/mol. The molecule has 0 radical (unpaired) electrons. The van der Waals surface area contributed by atoms with Crippen LogP contribution in [0.4, 0.5) is 0 Å². The van der Waals surface area contributed by atoms with Crippen molar-refractivity contribution >= 4 is 21.8 Å². The zero-order valence-electron chi connectivity index (χ0n) is 10.7. The second-order valence-electron chi connectivity index (χ2n) is 4.76. The predicted molar refractivity (Wildman–Crippen MR) is 76.3 cm³/mol. The van der Waals surface area contributed by atoms with Crippen LogP contribution in [0.15, 0.2) is 28.7 Å². The van der Waals surface area contributed by atoms with Gasteiger partial charge in [0, 0.05) is 16.6 Å². The first kappa shape index (κ1) is 15.4. The highest BCUT2D eigenvalue weighted by Crippen LogP contribution is 2.14. The maximum Gasteiger partial charge on any atom is 0.251 e. The van der Waals surface area contributed by atoms with Gasteiger partial charge in [-0.05, 0) is 18.2 Å². The summed E-state index contributed by atoms with van der Waals surface area (Å²) in [4.78, 5) is 11.9. The predicted octanol–water partition coefficient (Wildman–Crippen LogP) is -0.767. The van der Waals surface area contributed by atoms with Gasteiger partial charge in [0.25, 0.3) is 5.91 Å². The van der Waals surface area contributed by atoms with Gasteiger partial charge < -0.3 is 26.0 Å². The molecular weight excluding hydrogens is 328 g/mol. The van der Waals surface area contributed by atoms with Crippen LogP contribution in [-0.4, -0.2) is 58.7 Å². The minimum absolute atomic E-state index is 0.167. The maximum atomic E-state index is 11.9. The second-order valence-corrected chi connectivity index (χ2v) is 5.68. The summed E-state index contributed by atoms with van der Waals surface area (Å²) in [6.45, 7) is -0.103. The molecule has 5 N–H and O–H groups in total. The van der Waals surface area contributed by atoms with E-state index in [1.54, 1.807) is 18.2 Å². The monoisotopic (exact) mass is 344 g/mol. The van der Waals surface area contributed by atoms with Crippen molar-refractivity contribution in [3.63, 3.8) is 0 Å². The largest absolute Gasteiger partial charge is 0.395 e. The standard InChI is InChI=1S/C13H17BrN2O4/c14-8-3-1-2-7(4-8)13(20)15-5-9-11(18)12(19)10(6-17)16-9/h1-4,9-12,16-19H,5-6H2,(H,15,20)/t9-,10-,11-,12+/m1/s1. The summed E-state index contributed by atoms with van der Waals surface area (Å²) < 4.78 is 0.806. The summed E-state index contributed by atoms with van der Waals surface area (Å²) >= 11 is 3.29. The Kier molecular flexibility index (Phi) is 5.11. The third-order valence-corrected chi connectivity index (χ3v) is 3.86. The molecule has 1 amide bonds. The smallest absolute Gasteiger partial charge is 0.251 e. The zero-order valence-corrected chi connectivity index (χ0v) is 12.2. The molecule has 1 aromatic carbocycles. The number of carbonyl (C=O) groups is 1. The molecule has 2 rings (SSSR count). The summed E-state index contributed by atoms with van der Waals surface area (Å²) in [6.07, 6.45) is -2.05. The Balaban J connectivity index is 1.91. The third-order valence-electron chi connectivity index (χ3n) is 3.37. The van der Waals surface area contributed by atoms with Crippen LogP contribution in [0.5, 0.6) is 0 Å². The van der Waals surface area contributed by atoms with Gasteiger partial charge in [-0.25, -0.2) is 0 Å². The molecule has 1 heterocycles. The van der Waals surface area contributed by atoms with Crippen LogP contribution in [0, 0.1) is 0 Å². The molecule has 0 aromatic heterocycles. The quantitative estimate of drug-likeness (QED) is 0.494. The Hall–Kier alpha value is -0.990. The molecule has 0 spiro atoms. The van der Waals surface area contributed by atoms with Crippen molar-refractivity contribution in [2.24, 2.45) is 0 Å². The fraction of sp³-hybridized carbons (Fsp3) is 0.462. The van der Waals surface area contributed by atoms with Crippen molar-refractivity contribution in [1.82, 2.24) is 10.6 Å². The number of rotatable bonds is 4. The van der Waals surface area contributed by atoms with Gasteiger partial charge in [-0.2, -0.15) is 0 Å².